The second-order valence-corrected chi connectivity index (χ2v) is 6.78. The molecule has 0 bridgehead atoms. The highest BCUT2D eigenvalue weighted by Gasteiger charge is 2.11. The molecule has 3 rings (SSSR count). The van der Waals surface area contributed by atoms with Crippen LogP contribution in [0.5, 0.6) is 11.5 Å². The second-order valence-electron chi connectivity index (χ2n) is 5.86. The highest BCUT2D eigenvalue weighted by molar-refractivity contribution is 9.10. The van der Waals surface area contributed by atoms with Gasteiger partial charge in [-0.25, -0.2) is 4.79 Å². The third kappa shape index (κ3) is 4.96. The van der Waals surface area contributed by atoms with Gasteiger partial charge in [-0.3, -0.25) is 4.79 Å². The van der Waals surface area contributed by atoms with Crippen molar-refractivity contribution in [2.24, 2.45) is 0 Å². The van der Waals surface area contributed by atoms with Crippen molar-refractivity contribution >= 4 is 33.8 Å². The van der Waals surface area contributed by atoms with Crippen LogP contribution in [0.2, 0.25) is 0 Å². The molecule has 0 spiro atoms. The first-order valence-electron chi connectivity index (χ1n) is 8.50. The Bertz CT molecular complexity index is 1010. The Morgan fingerprint density at radius 1 is 0.857 bits per heavy atom. The zero-order valence-electron chi connectivity index (χ0n) is 15.1. The van der Waals surface area contributed by atoms with E-state index in [1.165, 1.54) is 6.08 Å². The molecule has 0 atom stereocenters. The highest BCUT2D eigenvalue weighted by atomic mass is 79.9. The number of methoxy groups -OCH3 is 1. The molecule has 3 aromatic rings. The van der Waals surface area contributed by atoms with E-state index < -0.39 is 5.97 Å². The van der Waals surface area contributed by atoms with Crippen LogP contribution >= 0.6 is 15.9 Å². The molecule has 0 saturated carbocycles. The maximum absolute atomic E-state index is 12.4. The van der Waals surface area contributed by atoms with Crippen LogP contribution in [-0.4, -0.2) is 18.9 Å². The van der Waals surface area contributed by atoms with Gasteiger partial charge in [0.1, 0.15) is 11.5 Å². The topological polar surface area (TPSA) is 52.6 Å². The van der Waals surface area contributed by atoms with Crippen LogP contribution in [0.25, 0.3) is 6.08 Å². The molecule has 140 valence electrons. The van der Waals surface area contributed by atoms with Gasteiger partial charge < -0.3 is 9.47 Å². The zero-order chi connectivity index (χ0) is 19.9. The van der Waals surface area contributed by atoms with Gasteiger partial charge in [0.2, 0.25) is 0 Å². The molecule has 0 unspecified atom stereocenters. The van der Waals surface area contributed by atoms with Crippen molar-refractivity contribution in [3.63, 3.8) is 0 Å². The normalized spacial score (nSPS) is 10.6. The Morgan fingerprint density at radius 2 is 1.50 bits per heavy atom. The van der Waals surface area contributed by atoms with Crippen LogP contribution in [0.4, 0.5) is 0 Å². The van der Waals surface area contributed by atoms with Gasteiger partial charge in [0.05, 0.1) is 12.7 Å². The van der Waals surface area contributed by atoms with Crippen molar-refractivity contribution in [2.45, 2.75) is 0 Å². The molecule has 5 heteroatoms. The monoisotopic (exact) mass is 436 g/mol. The number of benzene rings is 3. The van der Waals surface area contributed by atoms with E-state index in [0.717, 1.165) is 4.47 Å². The van der Waals surface area contributed by atoms with Crippen LogP contribution < -0.4 is 9.47 Å². The quantitative estimate of drug-likeness (QED) is 0.219. The summed E-state index contributed by atoms with van der Waals surface area (Å²) in [7, 11) is 1.57. The van der Waals surface area contributed by atoms with E-state index in [1.54, 1.807) is 79.9 Å². The van der Waals surface area contributed by atoms with E-state index in [1.807, 2.05) is 6.07 Å². The van der Waals surface area contributed by atoms with Gasteiger partial charge in [-0.2, -0.15) is 0 Å². The fourth-order valence-electron chi connectivity index (χ4n) is 2.47. The van der Waals surface area contributed by atoms with Gasteiger partial charge in [0.15, 0.2) is 5.78 Å². The number of carbonyl (C=O) groups is 2. The lowest BCUT2D eigenvalue weighted by Gasteiger charge is -2.07. The van der Waals surface area contributed by atoms with E-state index in [-0.39, 0.29) is 5.78 Å². The summed E-state index contributed by atoms with van der Waals surface area (Å²) >= 11 is 3.33. The minimum absolute atomic E-state index is 0.156. The lowest BCUT2D eigenvalue weighted by atomic mass is 10.1. The SMILES string of the molecule is COc1ccc(C(=O)/C=C/c2ccccc2OC(=O)c2ccc(Br)cc2)cc1. The fraction of sp³-hybridized carbons (Fsp3) is 0.0435. The number of hydrogen-bond acceptors (Lipinski definition) is 4. The molecular formula is C23H17BrO4. The average Bonchev–Trinajstić information content (AvgIpc) is 2.73. The Labute approximate surface area is 171 Å². The third-order valence-corrected chi connectivity index (χ3v) is 4.52. The first kappa shape index (κ1) is 19.6. The molecule has 0 aromatic heterocycles. The Balaban J connectivity index is 1.75. The molecule has 0 aliphatic heterocycles. The summed E-state index contributed by atoms with van der Waals surface area (Å²) in [6, 6.07) is 20.8. The van der Waals surface area contributed by atoms with Gasteiger partial charge >= 0.3 is 5.97 Å². The van der Waals surface area contributed by atoms with E-state index >= 15 is 0 Å². The summed E-state index contributed by atoms with van der Waals surface area (Å²) in [4.78, 5) is 24.7. The van der Waals surface area contributed by atoms with Crippen LogP contribution in [0.1, 0.15) is 26.3 Å². The van der Waals surface area contributed by atoms with E-state index in [4.69, 9.17) is 9.47 Å². The number of carbonyl (C=O) groups excluding carboxylic acids is 2. The maximum Gasteiger partial charge on any atom is 0.343 e. The fourth-order valence-corrected chi connectivity index (χ4v) is 2.74. The van der Waals surface area contributed by atoms with Gasteiger partial charge in [-0.1, -0.05) is 34.1 Å². The molecule has 0 N–H and O–H groups in total. The molecule has 0 aliphatic rings. The first-order valence-corrected chi connectivity index (χ1v) is 9.29. The maximum atomic E-state index is 12.4. The van der Waals surface area contributed by atoms with Crippen LogP contribution in [0.3, 0.4) is 0 Å². The van der Waals surface area contributed by atoms with E-state index in [9.17, 15) is 9.59 Å². The van der Waals surface area contributed by atoms with Crippen molar-refractivity contribution in [2.75, 3.05) is 7.11 Å². The highest BCUT2D eigenvalue weighted by Crippen LogP contribution is 2.22. The predicted octanol–water partition coefficient (Wildman–Crippen LogP) is 5.57. The minimum Gasteiger partial charge on any atom is -0.497 e. The standard InChI is InChI=1S/C23H17BrO4/c1-27-20-13-8-16(9-14-20)21(25)15-10-17-4-2-3-5-22(17)28-23(26)18-6-11-19(24)12-7-18/h2-15H,1H3/b15-10+. The van der Waals surface area contributed by atoms with Gasteiger partial charge in [0.25, 0.3) is 0 Å². The number of ketones is 1. The van der Waals surface area contributed by atoms with Crippen molar-refractivity contribution in [3.05, 3.63) is 100 Å². The van der Waals surface area contributed by atoms with Gasteiger partial charge in [-0.05, 0) is 66.7 Å². The molecule has 3 aromatic carbocycles. The van der Waals surface area contributed by atoms with Crippen LogP contribution in [0.15, 0.2) is 83.3 Å². The summed E-state index contributed by atoms with van der Waals surface area (Å²) in [5, 5.41) is 0. The summed E-state index contributed by atoms with van der Waals surface area (Å²) < 4.78 is 11.5. The van der Waals surface area contributed by atoms with E-state index in [2.05, 4.69) is 15.9 Å². The molecule has 0 heterocycles. The van der Waals surface area contributed by atoms with Gasteiger partial charge in [0, 0.05) is 15.6 Å². The number of hydrogen-bond donors (Lipinski definition) is 0. The molecular weight excluding hydrogens is 420 g/mol. The van der Waals surface area contributed by atoms with Crippen LogP contribution in [-0.2, 0) is 0 Å². The second kappa shape index (κ2) is 9.15. The van der Waals surface area contributed by atoms with Gasteiger partial charge in [-0.15, -0.1) is 0 Å². The lowest BCUT2D eigenvalue weighted by molar-refractivity contribution is 0.0734. The molecule has 0 fully saturated rings. The van der Waals surface area contributed by atoms with E-state index in [0.29, 0.717) is 28.2 Å². The number of halogens is 1. The van der Waals surface area contributed by atoms with Crippen LogP contribution in [0, 0.1) is 0 Å². The minimum atomic E-state index is -0.463. The lowest BCUT2D eigenvalue weighted by Crippen LogP contribution is -2.09. The molecule has 28 heavy (non-hydrogen) atoms. The Morgan fingerprint density at radius 3 is 2.18 bits per heavy atom. The molecule has 0 radical (unpaired) electrons. The zero-order valence-corrected chi connectivity index (χ0v) is 16.7. The number of esters is 1. The molecule has 0 saturated heterocycles. The Kier molecular flexibility index (Phi) is 6.40. The smallest absolute Gasteiger partial charge is 0.343 e. The Hall–Kier alpha value is -3.18. The molecule has 0 aliphatic carbocycles. The summed E-state index contributed by atoms with van der Waals surface area (Å²) in [6.45, 7) is 0. The predicted molar refractivity (Wildman–Crippen MR) is 112 cm³/mol. The third-order valence-electron chi connectivity index (χ3n) is 3.99. The summed E-state index contributed by atoms with van der Waals surface area (Å²) in [6.07, 6.45) is 3.09. The van der Waals surface area contributed by atoms with Crippen molar-refractivity contribution in [1.29, 1.82) is 0 Å². The molecule has 4 nitrogen and oxygen atoms in total. The molecule has 0 amide bonds. The largest absolute Gasteiger partial charge is 0.497 e. The summed E-state index contributed by atoms with van der Waals surface area (Å²) in [5.41, 5.74) is 1.62. The number of allylic oxidation sites excluding steroid dienone is 1. The number of para-hydroxylation sites is 1. The number of ether oxygens (including phenoxy) is 2. The summed E-state index contributed by atoms with van der Waals surface area (Å²) in [5.74, 6) is 0.450. The van der Waals surface area contributed by atoms with Crippen molar-refractivity contribution in [3.8, 4) is 11.5 Å². The van der Waals surface area contributed by atoms with Crippen molar-refractivity contribution in [1.82, 2.24) is 0 Å². The number of rotatable bonds is 6. The first-order chi connectivity index (χ1) is 13.6. The van der Waals surface area contributed by atoms with Crippen molar-refractivity contribution < 1.29 is 19.1 Å². The average molecular weight is 437 g/mol.